The number of rotatable bonds is 43. The summed E-state index contributed by atoms with van der Waals surface area (Å²) >= 11 is 0. The second-order valence-electron chi connectivity index (χ2n) is 17.7. The standard InChI is InChI=1S/C49H92O11/c1-3-5-7-9-11-13-15-17-19-21-22-24-25-27-29-31-33-35-37-42(50)57-39-41(40-58-49-46(54)44(52)45(53)47(60-49)48(55)56)59-43(51)38-36-34-32-30-28-26-23-20-18-16-14-12-10-8-6-4-2/h41,44-47,49,52-54H,3-40H2,1-2H3,(H,55,56). The van der Waals surface area contributed by atoms with Crippen LogP contribution in [0.5, 0.6) is 0 Å². The predicted octanol–water partition coefficient (Wildman–Crippen LogP) is 11.4. The lowest BCUT2D eigenvalue weighted by atomic mass is 9.99. The zero-order chi connectivity index (χ0) is 43.9. The van der Waals surface area contributed by atoms with E-state index in [1.807, 2.05) is 0 Å². The Kier molecular flexibility index (Phi) is 37.5. The van der Waals surface area contributed by atoms with Crippen LogP contribution in [-0.4, -0.2) is 88.4 Å². The van der Waals surface area contributed by atoms with Gasteiger partial charge in [-0.25, -0.2) is 4.79 Å². The van der Waals surface area contributed by atoms with Crippen molar-refractivity contribution in [1.29, 1.82) is 0 Å². The van der Waals surface area contributed by atoms with Gasteiger partial charge in [-0.1, -0.05) is 219 Å². The summed E-state index contributed by atoms with van der Waals surface area (Å²) in [7, 11) is 0. The highest BCUT2D eigenvalue weighted by atomic mass is 16.7. The zero-order valence-electron chi connectivity index (χ0n) is 38.5. The molecule has 11 heteroatoms. The number of hydrogen-bond donors (Lipinski definition) is 4. The average molecular weight is 857 g/mol. The van der Waals surface area contributed by atoms with E-state index in [4.69, 9.17) is 18.9 Å². The second kappa shape index (κ2) is 40.0. The molecule has 0 aromatic rings. The molecule has 60 heavy (non-hydrogen) atoms. The largest absolute Gasteiger partial charge is 0.479 e. The molecule has 6 atom stereocenters. The summed E-state index contributed by atoms with van der Waals surface area (Å²) in [5.41, 5.74) is 0. The van der Waals surface area contributed by atoms with Gasteiger partial charge >= 0.3 is 17.9 Å². The average Bonchev–Trinajstić information content (AvgIpc) is 3.23. The maximum absolute atomic E-state index is 12.8. The molecular formula is C49H92O11. The number of carbonyl (C=O) groups excluding carboxylic acids is 2. The number of hydrogen-bond acceptors (Lipinski definition) is 10. The minimum atomic E-state index is -1.86. The van der Waals surface area contributed by atoms with E-state index in [-0.39, 0.29) is 26.1 Å². The highest BCUT2D eigenvalue weighted by molar-refractivity contribution is 5.73. The molecule has 6 unspecified atom stereocenters. The van der Waals surface area contributed by atoms with Crippen LogP contribution in [0.1, 0.15) is 245 Å². The number of esters is 2. The summed E-state index contributed by atoms with van der Waals surface area (Å²) in [6.07, 6.45) is 32.9. The molecule has 1 fully saturated rings. The lowest BCUT2D eigenvalue weighted by Gasteiger charge is -2.38. The third-order valence-corrected chi connectivity index (χ3v) is 12.0. The van der Waals surface area contributed by atoms with Crippen molar-refractivity contribution in [3.8, 4) is 0 Å². The van der Waals surface area contributed by atoms with Gasteiger partial charge in [0.05, 0.1) is 6.61 Å². The number of ether oxygens (including phenoxy) is 4. The first-order valence-corrected chi connectivity index (χ1v) is 25.1. The Morgan fingerprint density at radius 3 is 1.13 bits per heavy atom. The van der Waals surface area contributed by atoms with Crippen molar-refractivity contribution in [2.45, 2.75) is 282 Å². The Morgan fingerprint density at radius 2 is 0.783 bits per heavy atom. The topological polar surface area (TPSA) is 169 Å². The lowest BCUT2D eigenvalue weighted by molar-refractivity contribution is -0.298. The van der Waals surface area contributed by atoms with Crippen molar-refractivity contribution in [2.75, 3.05) is 13.2 Å². The maximum atomic E-state index is 12.8. The number of aliphatic carboxylic acids is 1. The van der Waals surface area contributed by atoms with Gasteiger partial charge in [-0.3, -0.25) is 9.59 Å². The smallest absolute Gasteiger partial charge is 0.335 e. The molecule has 0 saturated carbocycles. The molecule has 0 bridgehead atoms. The number of aliphatic hydroxyl groups is 3. The van der Waals surface area contributed by atoms with E-state index in [1.54, 1.807) is 0 Å². The summed E-state index contributed by atoms with van der Waals surface area (Å²) < 4.78 is 21.8. The SMILES string of the molecule is CCCCCCCCCCCCCCCCCCCCC(=O)OCC(COC1OC(C(=O)O)C(O)C(O)C1O)OC(=O)CCCCCCCCCCCCCCCCCC. The molecule has 1 aliphatic rings. The molecule has 354 valence electrons. The third-order valence-electron chi connectivity index (χ3n) is 12.0. The normalized spacial score (nSPS) is 19.6. The zero-order valence-corrected chi connectivity index (χ0v) is 38.5. The summed E-state index contributed by atoms with van der Waals surface area (Å²) in [6, 6.07) is 0. The van der Waals surface area contributed by atoms with Crippen molar-refractivity contribution in [1.82, 2.24) is 0 Å². The highest BCUT2D eigenvalue weighted by Crippen LogP contribution is 2.23. The first kappa shape index (κ1) is 56.2. The van der Waals surface area contributed by atoms with E-state index in [0.29, 0.717) is 12.8 Å². The molecule has 0 radical (unpaired) electrons. The third kappa shape index (κ3) is 31.1. The van der Waals surface area contributed by atoms with E-state index in [0.717, 1.165) is 38.5 Å². The van der Waals surface area contributed by atoms with Gasteiger partial charge in [0, 0.05) is 12.8 Å². The van der Waals surface area contributed by atoms with Gasteiger partial charge in [-0.15, -0.1) is 0 Å². The Morgan fingerprint density at radius 1 is 0.450 bits per heavy atom. The van der Waals surface area contributed by atoms with Crippen LogP contribution in [0.25, 0.3) is 0 Å². The van der Waals surface area contributed by atoms with Gasteiger partial charge in [0.15, 0.2) is 18.5 Å². The molecule has 0 aromatic heterocycles. The van der Waals surface area contributed by atoms with E-state index in [9.17, 15) is 34.8 Å². The molecule has 0 aliphatic carbocycles. The Labute approximate surface area is 365 Å². The molecular weight excluding hydrogens is 765 g/mol. The van der Waals surface area contributed by atoms with Crippen molar-refractivity contribution in [2.24, 2.45) is 0 Å². The summed E-state index contributed by atoms with van der Waals surface area (Å²) in [4.78, 5) is 36.9. The minimum absolute atomic E-state index is 0.191. The van der Waals surface area contributed by atoms with Crippen LogP contribution in [0.3, 0.4) is 0 Å². The van der Waals surface area contributed by atoms with E-state index in [1.165, 1.54) is 167 Å². The molecule has 1 heterocycles. The van der Waals surface area contributed by atoms with Crippen molar-refractivity contribution >= 4 is 17.9 Å². The van der Waals surface area contributed by atoms with Crippen molar-refractivity contribution in [3.63, 3.8) is 0 Å². The molecule has 0 aromatic carbocycles. The van der Waals surface area contributed by atoms with Crippen LogP contribution in [0.4, 0.5) is 0 Å². The quantitative estimate of drug-likeness (QED) is 0.0340. The fourth-order valence-electron chi connectivity index (χ4n) is 8.00. The van der Waals surface area contributed by atoms with E-state index < -0.39 is 54.7 Å². The second-order valence-corrected chi connectivity index (χ2v) is 17.7. The van der Waals surface area contributed by atoms with Crippen LogP contribution >= 0.6 is 0 Å². The summed E-state index contributed by atoms with van der Waals surface area (Å²) in [5, 5.41) is 39.9. The fourth-order valence-corrected chi connectivity index (χ4v) is 8.00. The van der Waals surface area contributed by atoms with Crippen LogP contribution in [0.2, 0.25) is 0 Å². The monoisotopic (exact) mass is 857 g/mol. The highest BCUT2D eigenvalue weighted by Gasteiger charge is 2.47. The maximum Gasteiger partial charge on any atom is 0.335 e. The summed E-state index contributed by atoms with van der Waals surface area (Å²) in [5.74, 6) is -2.42. The van der Waals surface area contributed by atoms with E-state index in [2.05, 4.69) is 13.8 Å². The van der Waals surface area contributed by atoms with Gasteiger partial charge in [-0.2, -0.15) is 0 Å². The number of carbonyl (C=O) groups is 3. The van der Waals surface area contributed by atoms with Gasteiger partial charge in [0.1, 0.15) is 24.9 Å². The number of carboxylic acid groups (broad SMARTS) is 1. The van der Waals surface area contributed by atoms with Crippen molar-refractivity contribution < 1.29 is 53.8 Å². The number of unbranched alkanes of at least 4 members (excludes halogenated alkanes) is 32. The molecule has 11 nitrogen and oxygen atoms in total. The molecule has 1 aliphatic heterocycles. The van der Waals surface area contributed by atoms with Crippen LogP contribution in [0, 0.1) is 0 Å². The number of carboxylic acids is 1. The fraction of sp³-hybridized carbons (Fsp3) is 0.939. The van der Waals surface area contributed by atoms with Crippen LogP contribution < -0.4 is 0 Å². The Hall–Kier alpha value is -1.79. The number of aliphatic hydroxyl groups excluding tert-OH is 3. The first-order chi connectivity index (χ1) is 29.2. The van der Waals surface area contributed by atoms with Crippen molar-refractivity contribution in [3.05, 3.63) is 0 Å². The lowest BCUT2D eigenvalue weighted by Crippen LogP contribution is -2.60. The molecule has 4 N–H and O–H groups in total. The van der Waals surface area contributed by atoms with Crippen LogP contribution in [-0.2, 0) is 33.3 Å². The van der Waals surface area contributed by atoms with Gasteiger partial charge in [0.25, 0.3) is 0 Å². The van der Waals surface area contributed by atoms with Gasteiger partial charge in [-0.05, 0) is 12.8 Å². The first-order valence-electron chi connectivity index (χ1n) is 25.1. The molecule has 1 saturated heterocycles. The molecule has 0 amide bonds. The molecule has 0 spiro atoms. The van der Waals surface area contributed by atoms with Gasteiger partial charge < -0.3 is 39.4 Å². The van der Waals surface area contributed by atoms with E-state index >= 15 is 0 Å². The summed E-state index contributed by atoms with van der Waals surface area (Å²) in [6.45, 7) is 3.86. The Bertz CT molecular complexity index is 1010. The molecule has 1 rings (SSSR count). The van der Waals surface area contributed by atoms with Crippen LogP contribution in [0.15, 0.2) is 0 Å². The van der Waals surface area contributed by atoms with Gasteiger partial charge in [0.2, 0.25) is 0 Å². The minimum Gasteiger partial charge on any atom is -0.479 e. The predicted molar refractivity (Wildman–Crippen MR) is 239 cm³/mol. The Balaban J connectivity index is 2.29.